The molecule has 0 radical (unpaired) electrons. The van der Waals surface area contributed by atoms with Gasteiger partial charge in [0, 0.05) is 27.1 Å². The van der Waals surface area contributed by atoms with E-state index < -0.39 is 5.91 Å². The molecule has 0 aliphatic carbocycles. The predicted molar refractivity (Wildman–Crippen MR) is 124 cm³/mol. The fourth-order valence-corrected chi connectivity index (χ4v) is 3.60. The summed E-state index contributed by atoms with van der Waals surface area (Å²) >= 11 is 18.5. The van der Waals surface area contributed by atoms with Gasteiger partial charge in [0.05, 0.1) is 23.1 Å². The Morgan fingerprint density at radius 1 is 1.00 bits per heavy atom. The van der Waals surface area contributed by atoms with E-state index in [1.807, 2.05) is 12.1 Å². The first kappa shape index (κ1) is 23.1. The first-order valence-electron chi connectivity index (χ1n) is 9.56. The highest BCUT2D eigenvalue weighted by Crippen LogP contribution is 2.33. The second kappa shape index (κ2) is 9.73. The Hall–Kier alpha value is -2.54. The van der Waals surface area contributed by atoms with Crippen LogP contribution in [0.25, 0.3) is 16.9 Å². The van der Waals surface area contributed by atoms with Crippen molar-refractivity contribution in [3.05, 3.63) is 68.8 Å². The molecule has 0 unspecified atom stereocenters. The van der Waals surface area contributed by atoms with Crippen LogP contribution in [0.15, 0.2) is 42.5 Å². The molecular weight excluding hydrogens is 459 g/mol. The van der Waals surface area contributed by atoms with Gasteiger partial charge in [-0.05, 0) is 37.3 Å². The number of amides is 2. The van der Waals surface area contributed by atoms with Crippen LogP contribution >= 0.6 is 34.8 Å². The lowest BCUT2D eigenvalue weighted by Crippen LogP contribution is -2.39. The third-order valence-electron chi connectivity index (χ3n) is 4.63. The van der Waals surface area contributed by atoms with E-state index in [1.165, 1.54) is 0 Å². The summed E-state index contributed by atoms with van der Waals surface area (Å²) < 4.78 is 1.61. The summed E-state index contributed by atoms with van der Waals surface area (Å²) in [4.78, 5) is 24.6. The maximum Gasteiger partial charge on any atom is 0.273 e. The van der Waals surface area contributed by atoms with Gasteiger partial charge in [-0.25, -0.2) is 4.68 Å². The van der Waals surface area contributed by atoms with Crippen LogP contribution in [0.3, 0.4) is 0 Å². The van der Waals surface area contributed by atoms with Gasteiger partial charge in [0.2, 0.25) is 5.91 Å². The van der Waals surface area contributed by atoms with Crippen molar-refractivity contribution in [3.8, 4) is 16.9 Å². The van der Waals surface area contributed by atoms with E-state index in [-0.39, 0.29) is 24.2 Å². The monoisotopic (exact) mass is 478 g/mol. The minimum Gasteiger partial charge on any atom is -0.338 e. The molecule has 1 heterocycles. The third kappa shape index (κ3) is 5.21. The van der Waals surface area contributed by atoms with Gasteiger partial charge in [0.1, 0.15) is 0 Å². The highest BCUT2D eigenvalue weighted by molar-refractivity contribution is 6.35. The van der Waals surface area contributed by atoms with Crippen LogP contribution in [0.5, 0.6) is 0 Å². The van der Waals surface area contributed by atoms with E-state index in [0.717, 1.165) is 5.56 Å². The van der Waals surface area contributed by atoms with E-state index in [4.69, 9.17) is 34.8 Å². The molecule has 2 N–H and O–H groups in total. The molecule has 0 atom stereocenters. The quantitative estimate of drug-likeness (QED) is 0.473. The summed E-state index contributed by atoms with van der Waals surface area (Å²) in [7, 11) is 0. The van der Waals surface area contributed by atoms with E-state index in [2.05, 4.69) is 15.7 Å². The number of aromatic nitrogens is 2. The van der Waals surface area contributed by atoms with Gasteiger partial charge < -0.3 is 10.6 Å². The molecule has 0 aliphatic heterocycles. The smallest absolute Gasteiger partial charge is 0.273 e. The summed E-state index contributed by atoms with van der Waals surface area (Å²) in [6.07, 6.45) is 0. The number of benzene rings is 2. The first-order chi connectivity index (χ1) is 14.7. The number of carbonyl (C=O) groups is 2. The first-order valence-corrected chi connectivity index (χ1v) is 10.7. The van der Waals surface area contributed by atoms with Gasteiger partial charge in [-0.1, -0.05) is 60.8 Å². The lowest BCUT2D eigenvalue weighted by Gasteiger charge is -2.11. The molecule has 0 saturated heterocycles. The fourth-order valence-electron chi connectivity index (χ4n) is 2.99. The van der Waals surface area contributed by atoms with Gasteiger partial charge in [0.15, 0.2) is 5.69 Å². The highest BCUT2D eigenvalue weighted by Gasteiger charge is 2.23. The van der Waals surface area contributed by atoms with E-state index in [0.29, 0.717) is 32.0 Å². The van der Waals surface area contributed by atoms with Crippen molar-refractivity contribution >= 4 is 46.6 Å². The van der Waals surface area contributed by atoms with Gasteiger partial charge in [-0.2, -0.15) is 5.10 Å². The second-order valence-electron chi connectivity index (χ2n) is 7.22. The lowest BCUT2D eigenvalue weighted by molar-refractivity contribution is -0.124. The predicted octanol–water partition coefficient (Wildman–Crippen LogP) is 5.27. The molecule has 0 bridgehead atoms. The van der Waals surface area contributed by atoms with Crippen LogP contribution in [0.2, 0.25) is 15.1 Å². The molecular formula is C22H21Cl3N4O2. The van der Waals surface area contributed by atoms with Crippen molar-refractivity contribution in [2.75, 3.05) is 6.67 Å². The summed E-state index contributed by atoms with van der Waals surface area (Å²) in [5.74, 6) is -0.751. The van der Waals surface area contributed by atoms with Crippen LogP contribution < -0.4 is 10.6 Å². The zero-order valence-electron chi connectivity index (χ0n) is 17.2. The van der Waals surface area contributed by atoms with Crippen LogP contribution in [-0.2, 0) is 4.79 Å². The SMILES string of the molecule is Cc1c(C(=O)NCNC(=O)C(C)C)nn(-c2ccc(Cl)cc2Cl)c1-c1ccc(Cl)cc1. The van der Waals surface area contributed by atoms with Gasteiger partial charge in [-0.15, -0.1) is 0 Å². The molecule has 6 nitrogen and oxygen atoms in total. The Kier molecular flexibility index (Phi) is 7.26. The molecule has 0 saturated carbocycles. The minimum atomic E-state index is -0.416. The van der Waals surface area contributed by atoms with Gasteiger partial charge in [-0.3, -0.25) is 9.59 Å². The fraction of sp³-hybridized carbons (Fsp3) is 0.227. The lowest BCUT2D eigenvalue weighted by atomic mass is 10.1. The van der Waals surface area contributed by atoms with E-state index in [1.54, 1.807) is 55.8 Å². The molecule has 3 rings (SSSR count). The molecule has 9 heteroatoms. The number of halogens is 3. The minimum absolute atomic E-state index is 0.000125. The summed E-state index contributed by atoms with van der Waals surface area (Å²) in [6.45, 7) is 5.35. The molecule has 2 amide bonds. The maximum absolute atomic E-state index is 12.8. The van der Waals surface area contributed by atoms with Crippen LogP contribution in [0.1, 0.15) is 29.9 Å². The largest absolute Gasteiger partial charge is 0.338 e. The molecule has 1 aromatic heterocycles. The standard InChI is InChI=1S/C22H21Cl3N4O2/c1-12(2)21(30)26-11-27-22(31)19-13(3)20(14-4-6-15(23)7-5-14)29(28-19)18-9-8-16(24)10-17(18)25/h4-10,12H,11H2,1-3H3,(H,26,30)(H,27,31). The summed E-state index contributed by atoms with van der Waals surface area (Å²) in [5, 5.41) is 11.3. The van der Waals surface area contributed by atoms with Crippen molar-refractivity contribution in [2.24, 2.45) is 5.92 Å². The van der Waals surface area contributed by atoms with Crippen molar-refractivity contribution in [3.63, 3.8) is 0 Å². The highest BCUT2D eigenvalue weighted by atomic mass is 35.5. The zero-order valence-corrected chi connectivity index (χ0v) is 19.4. The van der Waals surface area contributed by atoms with Crippen molar-refractivity contribution in [1.29, 1.82) is 0 Å². The second-order valence-corrected chi connectivity index (χ2v) is 8.50. The molecule has 2 aromatic carbocycles. The van der Waals surface area contributed by atoms with E-state index in [9.17, 15) is 9.59 Å². The average molecular weight is 480 g/mol. The number of carbonyl (C=O) groups excluding carboxylic acids is 2. The number of hydrogen-bond acceptors (Lipinski definition) is 3. The average Bonchev–Trinajstić information content (AvgIpc) is 3.05. The number of nitrogens with one attached hydrogen (secondary N) is 2. The van der Waals surface area contributed by atoms with Crippen molar-refractivity contribution < 1.29 is 9.59 Å². The Morgan fingerprint density at radius 2 is 1.65 bits per heavy atom. The van der Waals surface area contributed by atoms with Crippen molar-refractivity contribution in [2.45, 2.75) is 20.8 Å². The molecule has 0 fully saturated rings. The number of hydrogen-bond donors (Lipinski definition) is 2. The Morgan fingerprint density at radius 3 is 2.26 bits per heavy atom. The summed E-state index contributed by atoms with van der Waals surface area (Å²) in [6, 6.07) is 12.3. The maximum atomic E-state index is 12.8. The molecule has 0 spiro atoms. The zero-order chi connectivity index (χ0) is 22.7. The van der Waals surface area contributed by atoms with Crippen LogP contribution in [0.4, 0.5) is 0 Å². The van der Waals surface area contributed by atoms with Gasteiger partial charge in [0.25, 0.3) is 5.91 Å². The van der Waals surface area contributed by atoms with Crippen molar-refractivity contribution in [1.82, 2.24) is 20.4 Å². The topological polar surface area (TPSA) is 76.0 Å². The molecule has 0 aliphatic rings. The Bertz CT molecular complexity index is 1120. The Balaban J connectivity index is 2.02. The normalized spacial score (nSPS) is 10.9. The molecule has 31 heavy (non-hydrogen) atoms. The van der Waals surface area contributed by atoms with E-state index >= 15 is 0 Å². The van der Waals surface area contributed by atoms with Gasteiger partial charge >= 0.3 is 0 Å². The molecule has 162 valence electrons. The van der Waals surface area contributed by atoms with Crippen LogP contribution in [-0.4, -0.2) is 28.3 Å². The number of nitrogens with zero attached hydrogens (tertiary/aromatic N) is 2. The molecule has 3 aromatic rings. The summed E-state index contributed by atoms with van der Waals surface area (Å²) in [5.41, 5.74) is 2.95. The number of rotatable bonds is 6. The Labute approximate surface area is 195 Å². The van der Waals surface area contributed by atoms with Crippen LogP contribution in [0, 0.1) is 12.8 Å². The third-order valence-corrected chi connectivity index (χ3v) is 5.42.